The number of aromatic nitrogens is 2. The number of hydrogen-bond donors (Lipinski definition) is 2. The second kappa shape index (κ2) is 5.58. The first-order valence-electron chi connectivity index (χ1n) is 9.12. The topological polar surface area (TPSA) is 84.8 Å². The first-order chi connectivity index (χ1) is 13.1. The molecule has 0 saturated carbocycles. The standard InChI is InChI=1S/C21H19N5O/c1-13-2-5-17-16(10-23-25-17)19(13)14-3-4-15-9-21(6-7-26(11-21)12-22)20(27)24-18(15)8-14/h2-5,8,10H,6-7,9,11H2,1H3,(H,23,25)(H,24,27). The van der Waals surface area contributed by atoms with Gasteiger partial charge in [0.25, 0.3) is 0 Å². The van der Waals surface area contributed by atoms with Crippen molar-refractivity contribution in [1.29, 1.82) is 5.26 Å². The van der Waals surface area contributed by atoms with Crippen molar-refractivity contribution in [2.24, 2.45) is 5.41 Å². The number of aromatic amines is 1. The molecule has 1 amide bonds. The van der Waals surface area contributed by atoms with E-state index >= 15 is 0 Å². The number of carbonyl (C=O) groups excluding carboxylic acids is 1. The highest BCUT2D eigenvalue weighted by Gasteiger charge is 2.47. The average Bonchev–Trinajstić information content (AvgIpc) is 3.30. The summed E-state index contributed by atoms with van der Waals surface area (Å²) in [6, 6.07) is 10.4. The molecule has 1 aromatic heterocycles. The highest BCUT2D eigenvalue weighted by atomic mass is 16.2. The number of fused-ring (bicyclic) bond motifs is 2. The quantitative estimate of drug-likeness (QED) is 0.655. The zero-order valence-corrected chi connectivity index (χ0v) is 15.0. The molecule has 2 aromatic carbocycles. The number of H-pyrrole nitrogens is 1. The van der Waals surface area contributed by atoms with Crippen molar-refractivity contribution < 1.29 is 4.79 Å². The zero-order valence-electron chi connectivity index (χ0n) is 15.0. The van der Waals surface area contributed by atoms with Crippen LogP contribution in [-0.2, 0) is 11.2 Å². The van der Waals surface area contributed by atoms with Crippen molar-refractivity contribution >= 4 is 22.5 Å². The van der Waals surface area contributed by atoms with Crippen LogP contribution in [0.15, 0.2) is 36.5 Å². The van der Waals surface area contributed by atoms with Crippen molar-refractivity contribution in [1.82, 2.24) is 15.1 Å². The van der Waals surface area contributed by atoms with Gasteiger partial charge in [-0.2, -0.15) is 10.4 Å². The summed E-state index contributed by atoms with van der Waals surface area (Å²) >= 11 is 0. The van der Waals surface area contributed by atoms with E-state index in [4.69, 9.17) is 5.26 Å². The average molecular weight is 357 g/mol. The Kier molecular flexibility index (Phi) is 3.28. The summed E-state index contributed by atoms with van der Waals surface area (Å²) in [5.41, 5.74) is 5.90. The lowest BCUT2D eigenvalue weighted by atomic mass is 9.76. The van der Waals surface area contributed by atoms with E-state index in [9.17, 15) is 4.79 Å². The lowest BCUT2D eigenvalue weighted by molar-refractivity contribution is -0.125. The molecule has 6 heteroatoms. The number of nitriles is 1. The summed E-state index contributed by atoms with van der Waals surface area (Å²) in [6.45, 7) is 3.24. The molecule has 1 atom stereocenters. The molecule has 2 aliphatic rings. The van der Waals surface area contributed by atoms with Crippen LogP contribution in [0, 0.1) is 23.8 Å². The van der Waals surface area contributed by atoms with Gasteiger partial charge in [-0.3, -0.25) is 9.89 Å². The Balaban J connectivity index is 1.57. The molecule has 0 bridgehead atoms. The normalized spacial score (nSPS) is 21.3. The second-order valence-electron chi connectivity index (χ2n) is 7.64. The van der Waals surface area contributed by atoms with E-state index in [0.717, 1.165) is 39.7 Å². The van der Waals surface area contributed by atoms with Crippen molar-refractivity contribution in [3.05, 3.63) is 47.7 Å². The van der Waals surface area contributed by atoms with Gasteiger partial charge < -0.3 is 10.2 Å². The van der Waals surface area contributed by atoms with Crippen molar-refractivity contribution in [2.45, 2.75) is 19.8 Å². The molecule has 3 aromatic rings. The molecule has 1 saturated heterocycles. The molecule has 2 aliphatic heterocycles. The first-order valence-corrected chi connectivity index (χ1v) is 9.12. The maximum absolute atomic E-state index is 12.9. The second-order valence-corrected chi connectivity index (χ2v) is 7.64. The van der Waals surface area contributed by atoms with Crippen molar-refractivity contribution in [2.75, 3.05) is 18.4 Å². The van der Waals surface area contributed by atoms with Crippen molar-refractivity contribution in [3.63, 3.8) is 0 Å². The molecular weight excluding hydrogens is 338 g/mol. The third-order valence-electron chi connectivity index (χ3n) is 5.98. The van der Waals surface area contributed by atoms with Crippen LogP contribution in [0.25, 0.3) is 22.0 Å². The summed E-state index contributed by atoms with van der Waals surface area (Å²) in [7, 11) is 0. The Morgan fingerprint density at radius 2 is 2.19 bits per heavy atom. The smallest absolute Gasteiger partial charge is 0.232 e. The first kappa shape index (κ1) is 15.9. The predicted octanol–water partition coefficient (Wildman–Crippen LogP) is 3.21. The monoisotopic (exact) mass is 357 g/mol. The third kappa shape index (κ3) is 2.32. The van der Waals surface area contributed by atoms with Crippen LogP contribution in [0.4, 0.5) is 5.69 Å². The molecule has 134 valence electrons. The van der Waals surface area contributed by atoms with Crippen molar-refractivity contribution in [3.8, 4) is 17.3 Å². The predicted molar refractivity (Wildman–Crippen MR) is 103 cm³/mol. The van der Waals surface area contributed by atoms with E-state index in [1.54, 1.807) is 4.90 Å². The molecule has 5 rings (SSSR count). The van der Waals surface area contributed by atoms with E-state index in [-0.39, 0.29) is 5.91 Å². The molecule has 6 nitrogen and oxygen atoms in total. The highest BCUT2D eigenvalue weighted by Crippen LogP contribution is 2.42. The van der Waals surface area contributed by atoms with Gasteiger partial charge in [-0.15, -0.1) is 0 Å². The number of hydrogen-bond acceptors (Lipinski definition) is 4. The number of likely N-dealkylation sites (tertiary alicyclic amines) is 1. The Labute approximate surface area is 156 Å². The molecule has 1 spiro atoms. The van der Waals surface area contributed by atoms with E-state index in [1.165, 1.54) is 5.56 Å². The van der Waals surface area contributed by atoms with Gasteiger partial charge >= 0.3 is 0 Å². The lowest BCUT2D eigenvalue weighted by Crippen LogP contribution is -2.43. The van der Waals surface area contributed by atoms with Crippen LogP contribution < -0.4 is 5.32 Å². The number of amides is 1. The van der Waals surface area contributed by atoms with Crippen LogP contribution in [0.1, 0.15) is 17.5 Å². The van der Waals surface area contributed by atoms with E-state index in [1.807, 2.05) is 12.3 Å². The minimum absolute atomic E-state index is 0.0307. The Morgan fingerprint density at radius 3 is 3.00 bits per heavy atom. The molecule has 0 radical (unpaired) electrons. The van der Waals surface area contributed by atoms with Gasteiger partial charge in [0, 0.05) is 24.2 Å². The number of aryl methyl sites for hydroxylation is 1. The third-order valence-corrected chi connectivity index (χ3v) is 5.98. The number of rotatable bonds is 1. The van der Waals surface area contributed by atoms with Gasteiger partial charge in [0.05, 0.1) is 17.1 Å². The number of nitrogens with zero attached hydrogens (tertiary/aromatic N) is 3. The SMILES string of the molecule is Cc1ccc2[nH]ncc2c1-c1ccc2c(c1)NC(=O)C1(CCN(C#N)C1)C2. The van der Waals surface area contributed by atoms with E-state index in [0.29, 0.717) is 19.5 Å². The summed E-state index contributed by atoms with van der Waals surface area (Å²) in [4.78, 5) is 14.5. The highest BCUT2D eigenvalue weighted by molar-refractivity contribution is 6.01. The van der Waals surface area contributed by atoms with Gasteiger partial charge in [-0.05, 0) is 54.2 Å². The van der Waals surface area contributed by atoms with E-state index < -0.39 is 5.41 Å². The lowest BCUT2D eigenvalue weighted by Gasteiger charge is -2.33. The maximum atomic E-state index is 12.9. The summed E-state index contributed by atoms with van der Waals surface area (Å²) in [6.07, 6.45) is 5.43. The minimum atomic E-state index is -0.481. The molecule has 2 N–H and O–H groups in total. The number of nitrogens with one attached hydrogen (secondary N) is 2. The van der Waals surface area contributed by atoms with Gasteiger partial charge in [-0.25, -0.2) is 0 Å². The molecule has 1 unspecified atom stereocenters. The van der Waals surface area contributed by atoms with Gasteiger partial charge in [-0.1, -0.05) is 18.2 Å². The summed E-state index contributed by atoms with van der Waals surface area (Å²) < 4.78 is 0. The largest absolute Gasteiger partial charge is 0.325 e. The fraction of sp³-hybridized carbons (Fsp3) is 0.286. The molecule has 27 heavy (non-hydrogen) atoms. The Bertz CT molecular complexity index is 1130. The molecule has 3 heterocycles. The minimum Gasteiger partial charge on any atom is -0.325 e. The van der Waals surface area contributed by atoms with Crippen LogP contribution in [-0.4, -0.2) is 34.1 Å². The fourth-order valence-corrected chi connectivity index (χ4v) is 4.50. The van der Waals surface area contributed by atoms with Crippen LogP contribution in [0.3, 0.4) is 0 Å². The Morgan fingerprint density at radius 1 is 1.30 bits per heavy atom. The number of anilines is 1. The molecule has 0 aliphatic carbocycles. The number of carbonyl (C=O) groups is 1. The van der Waals surface area contributed by atoms with Gasteiger partial charge in [0.15, 0.2) is 6.19 Å². The summed E-state index contributed by atoms with van der Waals surface area (Å²) in [5, 5.41) is 20.5. The number of benzene rings is 2. The zero-order chi connectivity index (χ0) is 18.6. The fourth-order valence-electron chi connectivity index (χ4n) is 4.50. The van der Waals surface area contributed by atoms with E-state index in [2.05, 4.69) is 52.9 Å². The van der Waals surface area contributed by atoms with Crippen LogP contribution >= 0.6 is 0 Å². The molecule has 1 fully saturated rings. The van der Waals surface area contributed by atoms with Gasteiger partial charge in [0.1, 0.15) is 0 Å². The van der Waals surface area contributed by atoms with Crippen LogP contribution in [0.2, 0.25) is 0 Å². The summed E-state index contributed by atoms with van der Waals surface area (Å²) in [5.74, 6) is 0.0307. The van der Waals surface area contributed by atoms with Gasteiger partial charge in [0.2, 0.25) is 5.91 Å². The Hall–Kier alpha value is -3.33. The van der Waals surface area contributed by atoms with Crippen LogP contribution in [0.5, 0.6) is 0 Å². The molecular formula is C21H19N5O. The maximum Gasteiger partial charge on any atom is 0.232 e.